The Bertz CT molecular complexity index is 328. The van der Waals surface area contributed by atoms with Crippen molar-refractivity contribution in [3.05, 3.63) is 18.2 Å². The van der Waals surface area contributed by atoms with Crippen molar-refractivity contribution in [2.24, 2.45) is 0 Å². The molecule has 3 N–H and O–H groups in total. The number of ether oxygens (including phenoxy) is 1. The minimum Gasteiger partial charge on any atom is -0.492 e. The summed E-state index contributed by atoms with van der Waals surface area (Å²) in [4.78, 5) is 2.12. The molecule has 4 nitrogen and oxygen atoms in total. The summed E-state index contributed by atoms with van der Waals surface area (Å²) >= 11 is 0. The van der Waals surface area contributed by atoms with Gasteiger partial charge in [-0.05, 0) is 26.1 Å². The molecule has 4 heteroatoms. The fourth-order valence-electron chi connectivity index (χ4n) is 1.55. The average Bonchev–Trinajstić information content (AvgIpc) is 2.29. The van der Waals surface area contributed by atoms with Crippen LogP contribution >= 0.6 is 0 Å². The van der Waals surface area contributed by atoms with Gasteiger partial charge in [0.1, 0.15) is 5.75 Å². The molecule has 0 unspecified atom stereocenters. The number of hydrogen-bond donors (Lipinski definition) is 2. The third kappa shape index (κ3) is 3.03. The number of anilines is 2. The van der Waals surface area contributed by atoms with Crippen LogP contribution in [0, 0.1) is 0 Å². The predicted octanol–water partition coefficient (Wildman–Crippen LogP) is 1.32. The molecule has 90 valence electrons. The topological polar surface area (TPSA) is 50.5 Å². The smallest absolute Gasteiger partial charge is 0.144 e. The van der Waals surface area contributed by atoms with Crippen molar-refractivity contribution < 1.29 is 4.74 Å². The highest BCUT2D eigenvalue weighted by molar-refractivity contribution is 5.73. The summed E-state index contributed by atoms with van der Waals surface area (Å²) in [5, 5.41) is 3.11. The number of nitrogen functional groups attached to an aromatic ring is 1. The molecule has 0 amide bonds. The van der Waals surface area contributed by atoms with E-state index in [4.69, 9.17) is 10.5 Å². The summed E-state index contributed by atoms with van der Waals surface area (Å²) in [7, 11) is 3.96. The van der Waals surface area contributed by atoms with Gasteiger partial charge >= 0.3 is 0 Å². The van der Waals surface area contributed by atoms with Crippen LogP contribution in [-0.4, -0.2) is 33.8 Å². The van der Waals surface area contributed by atoms with Crippen LogP contribution in [-0.2, 0) is 0 Å². The van der Waals surface area contributed by atoms with Gasteiger partial charge in [0.25, 0.3) is 0 Å². The number of nitrogens with two attached hydrogens (primary N) is 1. The van der Waals surface area contributed by atoms with Gasteiger partial charge in [0.15, 0.2) is 0 Å². The molecule has 0 aromatic heterocycles. The number of para-hydroxylation sites is 1. The van der Waals surface area contributed by atoms with Crippen LogP contribution in [0.1, 0.15) is 6.92 Å². The van der Waals surface area contributed by atoms with Crippen molar-refractivity contribution in [3.63, 3.8) is 0 Å². The third-order valence-electron chi connectivity index (χ3n) is 2.45. The molecule has 0 spiro atoms. The summed E-state index contributed by atoms with van der Waals surface area (Å²) in [6, 6.07) is 5.87. The van der Waals surface area contributed by atoms with Crippen molar-refractivity contribution in [3.8, 4) is 5.75 Å². The second kappa shape index (κ2) is 6.23. The number of nitrogens with zero attached hydrogens (tertiary/aromatic N) is 1. The zero-order valence-electron chi connectivity index (χ0n) is 10.3. The van der Waals surface area contributed by atoms with E-state index in [0.29, 0.717) is 12.3 Å². The third-order valence-corrected chi connectivity index (χ3v) is 2.45. The highest BCUT2D eigenvalue weighted by atomic mass is 16.5. The molecule has 0 aliphatic rings. The standard InChI is InChI=1S/C12H21N3O/c1-4-16-11-7-5-6-10(12(11)13)15(3)9-8-14-2/h5-7,14H,4,8-9,13H2,1-3H3. The van der Waals surface area contributed by atoms with Gasteiger partial charge in [-0.25, -0.2) is 0 Å². The first-order valence-electron chi connectivity index (χ1n) is 5.57. The van der Waals surface area contributed by atoms with E-state index < -0.39 is 0 Å². The van der Waals surface area contributed by atoms with Crippen molar-refractivity contribution >= 4 is 11.4 Å². The second-order valence-electron chi connectivity index (χ2n) is 3.65. The maximum atomic E-state index is 6.05. The normalized spacial score (nSPS) is 10.2. The predicted molar refractivity (Wildman–Crippen MR) is 69.2 cm³/mol. The summed E-state index contributed by atoms with van der Waals surface area (Å²) < 4.78 is 5.46. The zero-order chi connectivity index (χ0) is 12.0. The Hall–Kier alpha value is -1.42. The van der Waals surface area contributed by atoms with Gasteiger partial charge < -0.3 is 20.7 Å². The molecule has 0 radical (unpaired) electrons. The van der Waals surface area contributed by atoms with Crippen molar-refractivity contribution in [1.29, 1.82) is 0 Å². The molecule has 1 aromatic rings. The first-order valence-corrected chi connectivity index (χ1v) is 5.57. The molecule has 0 atom stereocenters. The zero-order valence-corrected chi connectivity index (χ0v) is 10.3. The van der Waals surface area contributed by atoms with Gasteiger partial charge in [-0.1, -0.05) is 6.07 Å². The van der Waals surface area contributed by atoms with Crippen molar-refractivity contribution in [2.45, 2.75) is 6.92 Å². The molecule has 0 aliphatic heterocycles. The monoisotopic (exact) mass is 223 g/mol. The van der Waals surface area contributed by atoms with Crippen molar-refractivity contribution in [2.75, 3.05) is 44.4 Å². The van der Waals surface area contributed by atoms with Gasteiger partial charge in [-0.15, -0.1) is 0 Å². The second-order valence-corrected chi connectivity index (χ2v) is 3.65. The van der Waals surface area contributed by atoms with Crippen molar-refractivity contribution in [1.82, 2.24) is 5.32 Å². The van der Waals surface area contributed by atoms with Gasteiger partial charge in [0, 0.05) is 20.1 Å². The van der Waals surface area contributed by atoms with Gasteiger partial charge in [-0.3, -0.25) is 0 Å². The molecule has 0 saturated heterocycles. The Morgan fingerprint density at radius 2 is 2.19 bits per heavy atom. The molecule has 0 fully saturated rings. The van der Waals surface area contributed by atoms with E-state index in [0.717, 1.165) is 24.5 Å². The average molecular weight is 223 g/mol. The van der Waals surface area contributed by atoms with E-state index >= 15 is 0 Å². The van der Waals surface area contributed by atoms with Crippen LogP contribution in [0.15, 0.2) is 18.2 Å². The van der Waals surface area contributed by atoms with Crippen LogP contribution in [0.5, 0.6) is 5.75 Å². The lowest BCUT2D eigenvalue weighted by Gasteiger charge is -2.22. The summed E-state index contributed by atoms with van der Waals surface area (Å²) in [6.45, 7) is 4.43. The fraction of sp³-hybridized carbons (Fsp3) is 0.500. The Kier molecular flexibility index (Phi) is 4.92. The molecular formula is C12H21N3O. The highest BCUT2D eigenvalue weighted by Crippen LogP contribution is 2.31. The molecular weight excluding hydrogens is 202 g/mol. The number of hydrogen-bond acceptors (Lipinski definition) is 4. The van der Waals surface area contributed by atoms with Crippen LogP contribution < -0.4 is 20.7 Å². The number of nitrogens with one attached hydrogen (secondary N) is 1. The van der Waals surface area contributed by atoms with Crippen LogP contribution in [0.4, 0.5) is 11.4 Å². The molecule has 0 bridgehead atoms. The fourth-order valence-corrected chi connectivity index (χ4v) is 1.55. The van der Waals surface area contributed by atoms with E-state index in [1.165, 1.54) is 0 Å². The largest absolute Gasteiger partial charge is 0.492 e. The van der Waals surface area contributed by atoms with E-state index in [1.807, 2.05) is 39.2 Å². The van der Waals surface area contributed by atoms with Crippen LogP contribution in [0.3, 0.4) is 0 Å². The lowest BCUT2D eigenvalue weighted by Crippen LogP contribution is -2.27. The minimum atomic E-state index is 0.633. The summed E-state index contributed by atoms with van der Waals surface area (Å²) in [6.07, 6.45) is 0. The Balaban J connectivity index is 2.82. The maximum Gasteiger partial charge on any atom is 0.144 e. The number of likely N-dealkylation sites (N-methyl/N-ethyl adjacent to an activating group) is 2. The van der Waals surface area contributed by atoms with Gasteiger partial charge in [-0.2, -0.15) is 0 Å². The summed E-state index contributed by atoms with van der Waals surface area (Å²) in [5.41, 5.74) is 7.78. The molecule has 0 saturated carbocycles. The molecule has 16 heavy (non-hydrogen) atoms. The first kappa shape index (κ1) is 12.6. The Morgan fingerprint density at radius 1 is 1.44 bits per heavy atom. The Labute approximate surface area is 97.4 Å². The maximum absolute atomic E-state index is 6.05. The number of rotatable bonds is 6. The van der Waals surface area contributed by atoms with E-state index in [1.54, 1.807) is 0 Å². The first-order chi connectivity index (χ1) is 7.70. The van der Waals surface area contributed by atoms with E-state index in [9.17, 15) is 0 Å². The highest BCUT2D eigenvalue weighted by Gasteiger charge is 2.08. The lowest BCUT2D eigenvalue weighted by molar-refractivity contribution is 0.342. The summed E-state index contributed by atoms with van der Waals surface area (Å²) in [5.74, 6) is 0.760. The Morgan fingerprint density at radius 3 is 2.81 bits per heavy atom. The van der Waals surface area contributed by atoms with Crippen LogP contribution in [0.2, 0.25) is 0 Å². The van der Waals surface area contributed by atoms with Crippen LogP contribution in [0.25, 0.3) is 0 Å². The van der Waals surface area contributed by atoms with E-state index in [-0.39, 0.29) is 0 Å². The van der Waals surface area contributed by atoms with E-state index in [2.05, 4.69) is 10.2 Å². The van der Waals surface area contributed by atoms with Gasteiger partial charge in [0.05, 0.1) is 18.0 Å². The van der Waals surface area contributed by atoms with Gasteiger partial charge in [0.2, 0.25) is 0 Å². The number of benzene rings is 1. The molecule has 0 heterocycles. The SMILES string of the molecule is CCOc1cccc(N(C)CCNC)c1N. The quantitative estimate of drug-likeness (QED) is 0.714. The lowest BCUT2D eigenvalue weighted by atomic mass is 10.2. The molecule has 0 aliphatic carbocycles. The minimum absolute atomic E-state index is 0.633. The molecule has 1 rings (SSSR count). The molecule has 1 aromatic carbocycles.